The second kappa shape index (κ2) is 5.99. The molecule has 5 nitrogen and oxygen atoms in total. The molecule has 0 saturated heterocycles. The molecule has 3 rings (SSSR count). The number of alkyl halides is 2. The van der Waals surface area contributed by atoms with Gasteiger partial charge in [-0.05, 0) is 24.6 Å². The first-order valence-electron chi connectivity index (χ1n) is 8.69. The molecule has 1 aromatic carbocycles. The van der Waals surface area contributed by atoms with Gasteiger partial charge in [0.15, 0.2) is 5.75 Å². The molecule has 1 atom stereocenters. The lowest BCUT2D eigenvalue weighted by Crippen LogP contribution is -2.50. The molecule has 2 aromatic rings. The third kappa shape index (κ3) is 2.92. The van der Waals surface area contributed by atoms with Gasteiger partial charge in [0.25, 0.3) is 0 Å². The Morgan fingerprint density at radius 1 is 1.54 bits per heavy atom. The van der Waals surface area contributed by atoms with E-state index < -0.39 is 59.8 Å². The molecule has 24 heavy (non-hydrogen) atoms. The number of hydrogen-bond donors (Lipinski definition) is 1. The van der Waals surface area contributed by atoms with Gasteiger partial charge >= 0.3 is 12.0 Å². The lowest BCUT2D eigenvalue weighted by Gasteiger charge is -2.34. The number of amides is 1. The highest BCUT2D eigenvalue weighted by molar-refractivity contribution is 6.30. The fourth-order valence-electron chi connectivity index (χ4n) is 2.24. The van der Waals surface area contributed by atoms with E-state index in [4.69, 9.17) is 17.1 Å². The van der Waals surface area contributed by atoms with E-state index in [2.05, 4.69) is 9.72 Å². The van der Waals surface area contributed by atoms with E-state index in [0.717, 1.165) is 6.92 Å². The largest absolute Gasteiger partial charge is 0.483 e. The molecule has 1 aliphatic heterocycles. The van der Waals surface area contributed by atoms with Crippen molar-refractivity contribution in [1.82, 2.24) is 4.98 Å². The molecule has 0 radical (unpaired) electrons. The van der Waals surface area contributed by atoms with Crippen LogP contribution in [0, 0.1) is 0 Å². The van der Waals surface area contributed by atoms with Gasteiger partial charge in [0.05, 0.1) is 28.8 Å². The number of benzene rings is 1. The number of anilines is 1. The molecule has 1 unspecified atom stereocenters. The number of carbonyl (C=O) groups is 1. The number of carbonyl (C=O) groups excluding carboxylic acids is 1. The summed E-state index contributed by atoms with van der Waals surface area (Å²) >= 11 is 5.83. The monoisotopic (exact) mass is 358 g/mol. The van der Waals surface area contributed by atoms with E-state index in [1.165, 1.54) is 18.5 Å². The summed E-state index contributed by atoms with van der Waals surface area (Å²) in [5.41, 5.74) is -1.03. The smallest absolute Gasteiger partial charge is 0.423 e. The van der Waals surface area contributed by atoms with Gasteiger partial charge in [0.1, 0.15) is 0 Å². The van der Waals surface area contributed by atoms with Gasteiger partial charge in [-0.3, -0.25) is 14.7 Å². The van der Waals surface area contributed by atoms with Gasteiger partial charge in [0, 0.05) is 18.0 Å². The number of para-hydroxylation sites is 1. The fourth-order valence-corrected chi connectivity index (χ4v) is 2.43. The maximum absolute atomic E-state index is 14.3. The summed E-state index contributed by atoms with van der Waals surface area (Å²) in [6, 6.07) is -0.928. The predicted octanol–water partition coefficient (Wildman–Crippen LogP) is 3.31. The van der Waals surface area contributed by atoms with Crippen LogP contribution in [-0.4, -0.2) is 22.1 Å². The molecule has 2 heterocycles. The van der Waals surface area contributed by atoms with Crippen LogP contribution in [0.15, 0.2) is 36.6 Å². The zero-order valence-electron chi connectivity index (χ0n) is 16.2. The lowest BCUT2D eigenvalue weighted by atomic mass is 10.1. The van der Waals surface area contributed by atoms with Crippen molar-refractivity contribution in [1.29, 1.82) is 0 Å². The highest BCUT2D eigenvalue weighted by atomic mass is 35.5. The molecule has 1 aliphatic rings. The fraction of sp³-hybridized carbons (Fsp3) is 0.250. The van der Waals surface area contributed by atoms with Gasteiger partial charge < -0.3 is 9.84 Å². The summed E-state index contributed by atoms with van der Waals surface area (Å²) < 4.78 is 64.6. The van der Waals surface area contributed by atoms with Crippen molar-refractivity contribution in [3.05, 3.63) is 52.7 Å². The standard InChI is InChI=1S/C16H13ClF2N2O3/c1-9(22)12-3-2-4-13-14(12)24-16(18,19)15(23)21(13)8-10-5-11(17)7-20-6-10/h2-7,9,22H,8H2,1H3/i2D,3D,4D,9D. The zero-order chi connectivity index (χ0) is 21.0. The topological polar surface area (TPSA) is 62.7 Å². The van der Waals surface area contributed by atoms with Crippen LogP contribution >= 0.6 is 11.6 Å². The second-order valence-electron chi connectivity index (χ2n) is 5.03. The Bertz CT molecular complexity index is 985. The predicted molar refractivity (Wildman–Crippen MR) is 83.1 cm³/mol. The number of hydrogen-bond acceptors (Lipinski definition) is 4. The van der Waals surface area contributed by atoms with Crippen LogP contribution in [0.3, 0.4) is 0 Å². The van der Waals surface area contributed by atoms with Crippen molar-refractivity contribution in [3.8, 4) is 5.75 Å². The van der Waals surface area contributed by atoms with Gasteiger partial charge in [-0.2, -0.15) is 8.78 Å². The van der Waals surface area contributed by atoms with Crippen molar-refractivity contribution < 1.29 is 28.9 Å². The molecule has 0 aliphatic carbocycles. The molecule has 0 bridgehead atoms. The minimum Gasteiger partial charge on any atom is -0.423 e. The summed E-state index contributed by atoms with van der Waals surface area (Å²) in [5.74, 6) is -2.67. The SMILES string of the molecule is [2H]c1c([2H])c2c(c(C([2H])(C)O)c1[2H])OC(F)(F)C(=O)N2Cc1cncc(Cl)c1. The van der Waals surface area contributed by atoms with Crippen LogP contribution in [0.2, 0.25) is 5.02 Å². The van der Waals surface area contributed by atoms with Gasteiger partial charge in [-0.15, -0.1) is 0 Å². The van der Waals surface area contributed by atoms with Crippen LogP contribution in [0.1, 0.15) is 29.6 Å². The molecule has 1 N–H and O–H groups in total. The third-order valence-electron chi connectivity index (χ3n) is 3.27. The summed E-state index contributed by atoms with van der Waals surface area (Å²) in [4.78, 5) is 16.6. The quantitative estimate of drug-likeness (QED) is 0.914. The maximum Gasteiger partial charge on any atom is 0.483 e. The van der Waals surface area contributed by atoms with E-state index in [-0.39, 0.29) is 10.6 Å². The Morgan fingerprint density at radius 2 is 2.29 bits per heavy atom. The molecule has 0 fully saturated rings. The minimum atomic E-state index is -4.37. The first-order chi connectivity index (χ1) is 12.8. The van der Waals surface area contributed by atoms with Crippen molar-refractivity contribution >= 4 is 23.2 Å². The van der Waals surface area contributed by atoms with Crippen molar-refractivity contribution in [3.63, 3.8) is 0 Å². The summed E-state index contributed by atoms with van der Waals surface area (Å²) in [6.07, 6.45) is -4.39. The van der Waals surface area contributed by atoms with E-state index in [9.17, 15) is 18.7 Å². The second-order valence-corrected chi connectivity index (χ2v) is 5.47. The highest BCUT2D eigenvalue weighted by Gasteiger charge is 2.51. The number of rotatable bonds is 3. The average molecular weight is 359 g/mol. The van der Waals surface area contributed by atoms with E-state index in [1.807, 2.05) is 0 Å². The summed E-state index contributed by atoms with van der Waals surface area (Å²) in [5, 5.41) is 10.2. The molecule has 8 heteroatoms. The Hall–Kier alpha value is -2.25. The van der Waals surface area contributed by atoms with E-state index >= 15 is 0 Å². The molecular weight excluding hydrogens is 342 g/mol. The molecule has 1 amide bonds. The van der Waals surface area contributed by atoms with Crippen molar-refractivity contribution in [2.24, 2.45) is 0 Å². The average Bonchev–Trinajstić information content (AvgIpc) is 2.56. The van der Waals surface area contributed by atoms with E-state index in [1.54, 1.807) is 0 Å². The highest BCUT2D eigenvalue weighted by Crippen LogP contribution is 2.44. The number of aliphatic hydroxyl groups is 1. The Morgan fingerprint density at radius 3 is 2.96 bits per heavy atom. The molecular formula is C16H13ClF2N2O3. The molecule has 1 aromatic heterocycles. The lowest BCUT2D eigenvalue weighted by molar-refractivity contribution is -0.193. The molecule has 126 valence electrons. The minimum absolute atomic E-state index is 0.189. The van der Waals surface area contributed by atoms with Crippen molar-refractivity contribution in [2.75, 3.05) is 4.90 Å². The third-order valence-corrected chi connectivity index (χ3v) is 3.48. The van der Waals surface area contributed by atoms with Crippen LogP contribution in [0.4, 0.5) is 14.5 Å². The Balaban J connectivity index is 2.29. The van der Waals surface area contributed by atoms with E-state index in [0.29, 0.717) is 4.90 Å². The molecule has 0 spiro atoms. The van der Waals surface area contributed by atoms with Crippen LogP contribution in [0.25, 0.3) is 0 Å². The van der Waals surface area contributed by atoms with Crippen LogP contribution in [0.5, 0.6) is 5.75 Å². The molecule has 0 saturated carbocycles. The van der Waals surface area contributed by atoms with Crippen LogP contribution < -0.4 is 9.64 Å². The van der Waals surface area contributed by atoms with Crippen LogP contribution in [-0.2, 0) is 11.3 Å². The normalized spacial score (nSPS) is 20.9. The zero-order valence-corrected chi connectivity index (χ0v) is 13.0. The number of fused-ring (bicyclic) bond motifs is 1. The number of ether oxygens (including phenoxy) is 1. The van der Waals surface area contributed by atoms with Gasteiger partial charge in [0.2, 0.25) is 0 Å². The number of pyridine rings is 1. The number of halogens is 3. The maximum atomic E-state index is 14.3. The first kappa shape index (κ1) is 12.2. The van der Waals surface area contributed by atoms with Gasteiger partial charge in [-0.1, -0.05) is 23.7 Å². The first-order valence-corrected chi connectivity index (χ1v) is 7.07. The summed E-state index contributed by atoms with van der Waals surface area (Å²) in [6.45, 7) is 0.410. The van der Waals surface area contributed by atoms with Crippen molar-refractivity contribution in [2.45, 2.75) is 25.7 Å². The number of nitrogens with zero attached hydrogens (tertiary/aromatic N) is 2. The summed E-state index contributed by atoms with van der Waals surface area (Å²) in [7, 11) is 0. The number of aromatic nitrogens is 1. The Labute approximate surface area is 147 Å². The van der Waals surface area contributed by atoms with Gasteiger partial charge in [-0.25, -0.2) is 0 Å². The Kier molecular flexibility index (Phi) is 3.04.